The molecule has 5 N–H and O–H groups in total. The first-order chi connectivity index (χ1) is 17.5. The predicted octanol–water partition coefficient (Wildman–Crippen LogP) is 4.46. The van der Waals surface area contributed by atoms with E-state index in [1.54, 1.807) is 24.3 Å². The van der Waals surface area contributed by atoms with Crippen molar-refractivity contribution in [2.24, 2.45) is 0 Å². The molecule has 3 aromatic carbocycles. The minimum Gasteiger partial charge on any atom is -0.387 e. The number of rotatable bonds is 7. The Kier molecular flexibility index (Phi) is 6.29. The number of anilines is 2. The number of aromatic amines is 2. The molecule has 1 amide bonds. The summed E-state index contributed by atoms with van der Waals surface area (Å²) in [5, 5.41) is 16.5. The van der Waals surface area contributed by atoms with Gasteiger partial charge in [0.05, 0.1) is 23.0 Å². The molecular weight excluding hydrogens is 461 g/mol. The van der Waals surface area contributed by atoms with Crippen LogP contribution in [0.2, 0.25) is 0 Å². The molecule has 0 saturated carbocycles. The van der Waals surface area contributed by atoms with E-state index in [4.69, 9.17) is 0 Å². The summed E-state index contributed by atoms with van der Waals surface area (Å²) in [6, 6.07) is 21.3. The summed E-state index contributed by atoms with van der Waals surface area (Å²) < 4.78 is 13.2. The number of carbonyl (C=O) groups excluding carboxylic acids is 1. The average Bonchev–Trinajstić information content (AvgIpc) is 3.33. The van der Waals surface area contributed by atoms with Crippen LogP contribution in [0.15, 0.2) is 89.9 Å². The van der Waals surface area contributed by atoms with Crippen LogP contribution in [0, 0.1) is 5.82 Å². The summed E-state index contributed by atoms with van der Waals surface area (Å²) in [5.41, 5.74) is 2.95. The molecule has 2 aromatic heterocycles. The van der Waals surface area contributed by atoms with Crippen molar-refractivity contribution in [3.05, 3.63) is 112 Å². The Labute approximate surface area is 204 Å². The van der Waals surface area contributed by atoms with Gasteiger partial charge in [0, 0.05) is 18.3 Å². The second-order valence-corrected chi connectivity index (χ2v) is 8.15. The van der Waals surface area contributed by atoms with Crippen LogP contribution in [-0.2, 0) is 0 Å². The molecule has 9 heteroatoms. The lowest BCUT2D eigenvalue weighted by atomic mass is 10.1. The third-order valence-corrected chi connectivity index (χ3v) is 5.74. The second kappa shape index (κ2) is 9.85. The minimum absolute atomic E-state index is 0.180. The number of H-pyrrole nitrogens is 2. The van der Waals surface area contributed by atoms with Gasteiger partial charge in [-0.15, -0.1) is 0 Å². The summed E-state index contributed by atoms with van der Waals surface area (Å²) in [6.45, 7) is 0.180. The normalized spacial score (nSPS) is 11.8. The average molecular weight is 484 g/mol. The fourth-order valence-electron chi connectivity index (χ4n) is 3.91. The predicted molar refractivity (Wildman–Crippen MR) is 136 cm³/mol. The molecule has 5 aromatic rings. The van der Waals surface area contributed by atoms with E-state index in [1.165, 1.54) is 30.5 Å². The van der Waals surface area contributed by atoms with Gasteiger partial charge in [0.1, 0.15) is 22.7 Å². The topological polar surface area (TPSA) is 123 Å². The van der Waals surface area contributed by atoms with Crippen molar-refractivity contribution in [3.8, 4) is 11.4 Å². The van der Waals surface area contributed by atoms with Crippen LogP contribution in [-0.4, -0.2) is 32.5 Å². The van der Waals surface area contributed by atoms with Gasteiger partial charge in [0.2, 0.25) is 0 Å². The van der Waals surface area contributed by atoms with Crippen molar-refractivity contribution < 1.29 is 14.3 Å². The van der Waals surface area contributed by atoms with E-state index in [2.05, 4.69) is 25.6 Å². The Morgan fingerprint density at radius 1 is 0.972 bits per heavy atom. The number of fused-ring (bicyclic) bond motifs is 1. The van der Waals surface area contributed by atoms with E-state index in [9.17, 15) is 19.1 Å². The zero-order valence-corrected chi connectivity index (χ0v) is 19.0. The minimum atomic E-state index is -0.776. The molecule has 0 aliphatic rings. The number of benzene rings is 3. The number of carbonyl (C=O) groups is 1. The molecule has 0 radical (unpaired) electrons. The number of nitrogens with zero attached hydrogens (tertiary/aromatic N) is 1. The van der Waals surface area contributed by atoms with Gasteiger partial charge in [-0.1, -0.05) is 36.4 Å². The largest absolute Gasteiger partial charge is 0.387 e. The maximum atomic E-state index is 13.2. The smallest absolute Gasteiger partial charge is 0.261 e. The highest BCUT2D eigenvalue weighted by atomic mass is 19.1. The molecule has 0 saturated heterocycles. The molecule has 36 heavy (non-hydrogen) atoms. The molecule has 0 bridgehead atoms. The maximum Gasteiger partial charge on any atom is 0.261 e. The lowest BCUT2D eigenvalue weighted by Gasteiger charge is -2.14. The van der Waals surface area contributed by atoms with Crippen LogP contribution < -0.4 is 16.2 Å². The lowest BCUT2D eigenvalue weighted by Crippen LogP contribution is -2.17. The van der Waals surface area contributed by atoms with Crippen LogP contribution in [0.1, 0.15) is 22.0 Å². The van der Waals surface area contributed by atoms with Gasteiger partial charge in [0.15, 0.2) is 0 Å². The lowest BCUT2D eigenvalue weighted by molar-refractivity contribution is 0.102. The van der Waals surface area contributed by atoms with Crippen molar-refractivity contribution in [2.75, 3.05) is 17.2 Å². The summed E-state index contributed by atoms with van der Waals surface area (Å²) in [7, 11) is 0. The highest BCUT2D eigenvalue weighted by Crippen LogP contribution is 2.28. The van der Waals surface area contributed by atoms with Crippen LogP contribution in [0.25, 0.3) is 22.4 Å². The zero-order valence-electron chi connectivity index (χ0n) is 19.0. The van der Waals surface area contributed by atoms with E-state index in [0.29, 0.717) is 33.8 Å². The number of para-hydroxylation sites is 1. The van der Waals surface area contributed by atoms with Crippen LogP contribution in [0.3, 0.4) is 0 Å². The molecule has 0 unspecified atom stereocenters. The highest BCUT2D eigenvalue weighted by molar-refractivity contribution is 6.08. The standard InChI is InChI=1S/C27H22FN5O3/c28-18-11-9-17(10-12-18)26(35)32-21-8-4-7-20-24(21)33-25(31-20)23-19(13-14-29-27(23)36)30-15-22(34)16-5-2-1-3-6-16/h1-14,22,34H,15H2,(H,31,33)(H,32,35)(H2,29,30,36)/t22-/m0/s1. The Bertz CT molecular complexity index is 1580. The van der Waals surface area contributed by atoms with E-state index >= 15 is 0 Å². The molecule has 180 valence electrons. The summed E-state index contributed by atoms with van der Waals surface area (Å²) in [4.78, 5) is 35.8. The van der Waals surface area contributed by atoms with E-state index in [1.807, 2.05) is 30.3 Å². The number of aromatic nitrogens is 3. The summed E-state index contributed by atoms with van der Waals surface area (Å²) >= 11 is 0. The van der Waals surface area contributed by atoms with Crippen LogP contribution >= 0.6 is 0 Å². The first-order valence-electron chi connectivity index (χ1n) is 11.2. The molecule has 5 rings (SSSR count). The van der Waals surface area contributed by atoms with E-state index < -0.39 is 17.8 Å². The number of hydrogen-bond acceptors (Lipinski definition) is 5. The number of amides is 1. The molecule has 1 atom stereocenters. The first kappa shape index (κ1) is 23.0. The number of nitrogens with one attached hydrogen (secondary N) is 4. The molecule has 0 spiro atoms. The third kappa shape index (κ3) is 4.73. The number of hydrogen-bond donors (Lipinski definition) is 5. The number of pyridine rings is 1. The van der Waals surface area contributed by atoms with Gasteiger partial charge in [-0.3, -0.25) is 9.59 Å². The van der Waals surface area contributed by atoms with Crippen molar-refractivity contribution in [1.82, 2.24) is 15.0 Å². The van der Waals surface area contributed by atoms with Gasteiger partial charge >= 0.3 is 0 Å². The second-order valence-electron chi connectivity index (χ2n) is 8.15. The van der Waals surface area contributed by atoms with Crippen molar-refractivity contribution in [3.63, 3.8) is 0 Å². The Morgan fingerprint density at radius 2 is 1.75 bits per heavy atom. The number of halogens is 1. The monoisotopic (exact) mass is 483 g/mol. The molecule has 0 fully saturated rings. The Hall–Kier alpha value is -4.76. The van der Waals surface area contributed by atoms with E-state index in [-0.39, 0.29) is 17.7 Å². The quantitative estimate of drug-likeness (QED) is 0.234. The van der Waals surface area contributed by atoms with Gasteiger partial charge in [-0.2, -0.15) is 0 Å². The van der Waals surface area contributed by atoms with Gasteiger partial charge in [0.25, 0.3) is 11.5 Å². The van der Waals surface area contributed by atoms with Gasteiger partial charge < -0.3 is 25.7 Å². The first-order valence-corrected chi connectivity index (χ1v) is 11.2. The van der Waals surface area contributed by atoms with Crippen molar-refractivity contribution in [2.45, 2.75) is 6.10 Å². The van der Waals surface area contributed by atoms with Gasteiger partial charge in [-0.25, -0.2) is 9.37 Å². The molecule has 0 aliphatic carbocycles. The van der Waals surface area contributed by atoms with Crippen molar-refractivity contribution in [1.29, 1.82) is 0 Å². The summed E-state index contributed by atoms with van der Waals surface area (Å²) in [5.74, 6) is -0.548. The zero-order chi connectivity index (χ0) is 25.1. The maximum absolute atomic E-state index is 13.2. The number of imidazole rings is 1. The molecule has 0 aliphatic heterocycles. The number of aliphatic hydroxyl groups is 1. The van der Waals surface area contributed by atoms with Gasteiger partial charge in [-0.05, 0) is 48.0 Å². The van der Waals surface area contributed by atoms with E-state index in [0.717, 1.165) is 5.56 Å². The molecular formula is C27H22FN5O3. The van der Waals surface area contributed by atoms with Crippen LogP contribution in [0.4, 0.5) is 15.8 Å². The SMILES string of the molecule is O=C(Nc1cccc2[nH]c(-c3c(NC[C@H](O)c4ccccc4)cc[nH]c3=O)nc12)c1ccc(F)cc1. The highest BCUT2D eigenvalue weighted by Gasteiger charge is 2.18. The van der Waals surface area contributed by atoms with Crippen LogP contribution in [0.5, 0.6) is 0 Å². The summed E-state index contributed by atoms with van der Waals surface area (Å²) in [6.07, 6.45) is 0.738. The fraction of sp³-hybridized carbons (Fsp3) is 0.0741. The molecule has 2 heterocycles. The van der Waals surface area contributed by atoms with Crippen molar-refractivity contribution >= 4 is 28.3 Å². The fourth-order valence-corrected chi connectivity index (χ4v) is 3.91. The Morgan fingerprint density at radius 3 is 2.53 bits per heavy atom. The Balaban J connectivity index is 1.44. The number of aliphatic hydroxyl groups excluding tert-OH is 1. The molecule has 8 nitrogen and oxygen atoms in total. The third-order valence-electron chi connectivity index (χ3n) is 5.74.